The number of hydrogen-bond donors (Lipinski definition) is 2. The summed E-state index contributed by atoms with van der Waals surface area (Å²) in [7, 11) is 4.10. The van der Waals surface area contributed by atoms with Gasteiger partial charge < -0.3 is 15.1 Å². The monoisotopic (exact) mass is 368 g/mol. The van der Waals surface area contributed by atoms with Gasteiger partial charge in [0.15, 0.2) is 0 Å². The van der Waals surface area contributed by atoms with Crippen LogP contribution in [0, 0.1) is 17.2 Å². The number of nitriles is 1. The summed E-state index contributed by atoms with van der Waals surface area (Å²) in [5, 5.41) is 24.9. The van der Waals surface area contributed by atoms with Gasteiger partial charge in [-0.05, 0) is 31.1 Å². The highest BCUT2D eigenvalue weighted by atomic mass is 16.4. The van der Waals surface area contributed by atoms with Crippen LogP contribution in [-0.2, 0) is 15.0 Å². The van der Waals surface area contributed by atoms with E-state index in [1.165, 1.54) is 0 Å². The lowest BCUT2D eigenvalue weighted by atomic mass is 9.67. The first-order valence-corrected chi connectivity index (χ1v) is 8.39. The van der Waals surface area contributed by atoms with Gasteiger partial charge in [0.25, 0.3) is 0 Å². The molecule has 0 aliphatic carbocycles. The highest BCUT2D eigenvalue weighted by molar-refractivity contribution is 6.27. The summed E-state index contributed by atoms with van der Waals surface area (Å²) in [6, 6.07) is 22.9. The van der Waals surface area contributed by atoms with Crippen LogP contribution in [0.3, 0.4) is 0 Å². The minimum absolute atomic E-state index is 0.183. The Hall–Kier alpha value is -3.17. The van der Waals surface area contributed by atoms with Gasteiger partial charge in [-0.15, -0.1) is 0 Å². The molecule has 6 nitrogen and oxygen atoms in total. The summed E-state index contributed by atoms with van der Waals surface area (Å²) in [5.74, 6) is -3.47. The number of carboxylic acids is 2. The zero-order valence-electron chi connectivity index (χ0n) is 15.7. The van der Waals surface area contributed by atoms with E-state index in [0.29, 0.717) is 0 Å². The number of nitrogens with zero attached hydrogens (tertiary/aromatic N) is 2. The molecule has 0 aromatic heterocycles. The van der Waals surface area contributed by atoms with E-state index in [1.807, 2.05) is 36.4 Å². The van der Waals surface area contributed by atoms with Crippen molar-refractivity contribution in [2.45, 2.75) is 12.3 Å². The SMILES string of the molecule is CC(CN(C)C)C(C#N)(c1ccccc1)c1ccccc1.O=C(O)C(=O)O. The number of benzene rings is 2. The Bertz CT molecular complexity index is 731. The van der Waals surface area contributed by atoms with Crippen LogP contribution >= 0.6 is 0 Å². The van der Waals surface area contributed by atoms with Crippen molar-refractivity contribution in [1.29, 1.82) is 5.26 Å². The molecular formula is C21H24N2O4. The smallest absolute Gasteiger partial charge is 0.414 e. The van der Waals surface area contributed by atoms with Crippen LogP contribution in [0.2, 0.25) is 0 Å². The topological polar surface area (TPSA) is 102 Å². The van der Waals surface area contributed by atoms with Crippen molar-refractivity contribution in [3.05, 3.63) is 71.8 Å². The summed E-state index contributed by atoms with van der Waals surface area (Å²) >= 11 is 0. The Balaban J connectivity index is 0.000000527. The van der Waals surface area contributed by atoms with E-state index >= 15 is 0 Å². The van der Waals surface area contributed by atoms with Crippen LogP contribution in [0.4, 0.5) is 0 Å². The molecule has 6 heteroatoms. The molecule has 1 unspecified atom stereocenters. The van der Waals surface area contributed by atoms with Crippen LogP contribution in [0.25, 0.3) is 0 Å². The molecular weight excluding hydrogens is 344 g/mol. The molecule has 0 saturated heterocycles. The van der Waals surface area contributed by atoms with Gasteiger partial charge in [0, 0.05) is 6.54 Å². The molecule has 0 aliphatic rings. The first-order valence-electron chi connectivity index (χ1n) is 8.39. The Morgan fingerprint density at radius 2 is 1.33 bits per heavy atom. The molecule has 0 radical (unpaired) electrons. The Morgan fingerprint density at radius 1 is 0.963 bits per heavy atom. The molecule has 2 rings (SSSR count). The highest BCUT2D eigenvalue weighted by Gasteiger charge is 2.40. The van der Waals surface area contributed by atoms with E-state index in [4.69, 9.17) is 19.8 Å². The molecule has 2 N–H and O–H groups in total. The first kappa shape index (κ1) is 21.9. The largest absolute Gasteiger partial charge is 0.473 e. The predicted octanol–water partition coefficient (Wildman–Crippen LogP) is 2.85. The third kappa shape index (κ3) is 5.66. The zero-order chi connectivity index (χ0) is 20.4. The Labute approximate surface area is 159 Å². The van der Waals surface area contributed by atoms with E-state index in [2.05, 4.69) is 56.3 Å². The number of carboxylic acid groups (broad SMARTS) is 2. The second-order valence-electron chi connectivity index (χ2n) is 6.43. The maximum atomic E-state index is 10.1. The van der Waals surface area contributed by atoms with Gasteiger partial charge in [-0.25, -0.2) is 9.59 Å². The summed E-state index contributed by atoms with van der Waals surface area (Å²) in [4.78, 5) is 20.3. The van der Waals surface area contributed by atoms with Crippen LogP contribution in [0.5, 0.6) is 0 Å². The van der Waals surface area contributed by atoms with E-state index in [1.54, 1.807) is 0 Å². The minimum atomic E-state index is -1.82. The molecule has 2 aromatic rings. The second kappa shape index (κ2) is 10.1. The molecule has 0 saturated carbocycles. The fourth-order valence-corrected chi connectivity index (χ4v) is 3.06. The molecule has 0 fully saturated rings. The lowest BCUT2D eigenvalue weighted by molar-refractivity contribution is -0.159. The van der Waals surface area contributed by atoms with Gasteiger partial charge in [0.1, 0.15) is 5.41 Å². The highest BCUT2D eigenvalue weighted by Crippen LogP contribution is 2.39. The summed E-state index contributed by atoms with van der Waals surface area (Å²) in [5.41, 5.74) is 1.51. The fourth-order valence-electron chi connectivity index (χ4n) is 3.06. The van der Waals surface area contributed by atoms with Gasteiger partial charge in [-0.2, -0.15) is 5.26 Å². The average Bonchev–Trinajstić information content (AvgIpc) is 2.64. The van der Waals surface area contributed by atoms with Crippen molar-refractivity contribution in [2.24, 2.45) is 5.92 Å². The van der Waals surface area contributed by atoms with E-state index in [0.717, 1.165) is 17.7 Å². The molecule has 142 valence electrons. The zero-order valence-corrected chi connectivity index (χ0v) is 15.7. The van der Waals surface area contributed by atoms with Gasteiger partial charge in [0.2, 0.25) is 0 Å². The molecule has 0 aliphatic heterocycles. The quantitative estimate of drug-likeness (QED) is 0.787. The average molecular weight is 368 g/mol. The van der Waals surface area contributed by atoms with Crippen molar-refractivity contribution in [3.63, 3.8) is 0 Å². The fraction of sp³-hybridized carbons (Fsp3) is 0.286. The van der Waals surface area contributed by atoms with Crippen molar-refractivity contribution in [1.82, 2.24) is 4.90 Å². The summed E-state index contributed by atoms with van der Waals surface area (Å²) < 4.78 is 0. The van der Waals surface area contributed by atoms with Crippen molar-refractivity contribution >= 4 is 11.9 Å². The Morgan fingerprint density at radius 3 is 1.59 bits per heavy atom. The third-order valence-corrected chi connectivity index (χ3v) is 4.20. The van der Waals surface area contributed by atoms with E-state index in [-0.39, 0.29) is 5.92 Å². The number of aliphatic carboxylic acids is 2. The first-order chi connectivity index (χ1) is 12.8. The van der Waals surface area contributed by atoms with E-state index in [9.17, 15) is 5.26 Å². The summed E-state index contributed by atoms with van der Waals surface area (Å²) in [6.45, 7) is 3.01. The van der Waals surface area contributed by atoms with Crippen molar-refractivity contribution < 1.29 is 19.8 Å². The van der Waals surface area contributed by atoms with Crippen molar-refractivity contribution in [3.8, 4) is 6.07 Å². The molecule has 0 spiro atoms. The van der Waals surface area contributed by atoms with Gasteiger partial charge >= 0.3 is 11.9 Å². The second-order valence-corrected chi connectivity index (χ2v) is 6.43. The lowest BCUT2D eigenvalue weighted by Crippen LogP contribution is -2.39. The summed E-state index contributed by atoms with van der Waals surface area (Å²) in [6.07, 6.45) is 0. The van der Waals surface area contributed by atoms with Gasteiger partial charge in [0.05, 0.1) is 6.07 Å². The standard InChI is InChI=1S/C19H22N2.C2H2O4/c1-16(14-21(2)3)19(15-20,17-10-6-4-7-11-17)18-12-8-5-9-13-18;3-1(4)2(5)6/h4-13,16H,14H2,1-3H3;(H,3,4)(H,5,6). The normalized spacial score (nSPS) is 11.7. The van der Waals surface area contributed by atoms with Gasteiger partial charge in [-0.3, -0.25) is 0 Å². The van der Waals surface area contributed by atoms with Crippen LogP contribution < -0.4 is 0 Å². The number of hydrogen-bond acceptors (Lipinski definition) is 4. The molecule has 2 aromatic carbocycles. The lowest BCUT2D eigenvalue weighted by Gasteiger charge is -2.35. The minimum Gasteiger partial charge on any atom is -0.473 e. The molecule has 27 heavy (non-hydrogen) atoms. The van der Waals surface area contributed by atoms with Gasteiger partial charge in [-0.1, -0.05) is 67.6 Å². The maximum absolute atomic E-state index is 10.1. The van der Waals surface area contributed by atoms with Crippen molar-refractivity contribution in [2.75, 3.05) is 20.6 Å². The molecule has 0 bridgehead atoms. The van der Waals surface area contributed by atoms with Crippen LogP contribution in [-0.4, -0.2) is 47.7 Å². The molecule has 1 atom stereocenters. The number of rotatable bonds is 5. The number of carbonyl (C=O) groups is 2. The molecule has 0 amide bonds. The van der Waals surface area contributed by atoms with Crippen LogP contribution in [0.15, 0.2) is 60.7 Å². The van der Waals surface area contributed by atoms with E-state index < -0.39 is 17.4 Å². The Kier molecular flexibility index (Phi) is 8.18. The maximum Gasteiger partial charge on any atom is 0.414 e. The molecule has 0 heterocycles. The van der Waals surface area contributed by atoms with Crippen LogP contribution in [0.1, 0.15) is 18.1 Å². The predicted molar refractivity (Wildman–Crippen MR) is 102 cm³/mol. The third-order valence-electron chi connectivity index (χ3n) is 4.20.